The van der Waals surface area contributed by atoms with Crippen LogP contribution in [0.25, 0.3) is 11.1 Å². The van der Waals surface area contributed by atoms with E-state index in [0.29, 0.717) is 6.54 Å². The number of carbonyl (C=O) groups excluding carboxylic acids is 1. The van der Waals surface area contributed by atoms with Crippen molar-refractivity contribution in [1.29, 1.82) is 0 Å². The quantitative estimate of drug-likeness (QED) is 0.490. The minimum atomic E-state index is -0.371. The van der Waals surface area contributed by atoms with Crippen molar-refractivity contribution < 1.29 is 9.53 Å². The number of rotatable bonds is 6. The molecule has 1 amide bonds. The Bertz CT molecular complexity index is 1030. The highest BCUT2D eigenvalue weighted by molar-refractivity contribution is 6.00. The Balaban J connectivity index is 1.74. The molecule has 0 radical (unpaired) electrons. The molecular weight excluding hydrogens is 370 g/mol. The van der Waals surface area contributed by atoms with Gasteiger partial charge >= 0.3 is 0 Å². The van der Waals surface area contributed by atoms with Crippen molar-refractivity contribution in [1.82, 2.24) is 0 Å². The summed E-state index contributed by atoms with van der Waals surface area (Å²) in [7, 11) is 1.67. The molecule has 0 bridgehead atoms. The Kier molecular flexibility index (Phi) is 5.63. The van der Waals surface area contributed by atoms with Crippen LogP contribution in [0, 0.1) is 5.41 Å². The fraction of sp³-hybridized carbons (Fsp3) is 0.296. The van der Waals surface area contributed by atoms with Gasteiger partial charge in [0.1, 0.15) is 5.75 Å². The average Bonchev–Trinajstić information content (AvgIpc) is 2.78. The lowest BCUT2D eigenvalue weighted by atomic mass is 9.74. The van der Waals surface area contributed by atoms with Crippen molar-refractivity contribution in [2.75, 3.05) is 12.0 Å². The van der Waals surface area contributed by atoms with E-state index in [1.807, 2.05) is 35.2 Å². The molecule has 3 aromatic rings. The number of anilines is 1. The molecule has 1 heterocycles. The molecule has 1 aliphatic heterocycles. The minimum absolute atomic E-state index is 0.222. The van der Waals surface area contributed by atoms with Gasteiger partial charge in [-0.15, -0.1) is 0 Å². The summed E-state index contributed by atoms with van der Waals surface area (Å²) in [5.41, 5.74) is 5.42. The molecule has 0 fully saturated rings. The molecule has 0 saturated heterocycles. The molecule has 3 heteroatoms. The normalized spacial score (nSPS) is 18.2. The fourth-order valence-corrected chi connectivity index (χ4v) is 4.55. The van der Waals surface area contributed by atoms with Gasteiger partial charge in [0, 0.05) is 5.69 Å². The third kappa shape index (κ3) is 3.85. The van der Waals surface area contributed by atoms with Crippen LogP contribution in [-0.2, 0) is 17.8 Å². The standard InChI is InChI=1S/C27H29NO2/c1-4-16-27(2)18-23-17-22(21-8-6-5-7-9-21)12-15-25(23)28(26(27)29)19-20-10-13-24(30-3)14-11-20/h5-15,17H,4,16,18-19H2,1-3H3. The molecule has 1 atom stereocenters. The first-order valence-electron chi connectivity index (χ1n) is 10.7. The summed E-state index contributed by atoms with van der Waals surface area (Å²) in [6.07, 6.45) is 2.67. The summed E-state index contributed by atoms with van der Waals surface area (Å²) in [5.74, 6) is 1.05. The van der Waals surface area contributed by atoms with Gasteiger partial charge in [0.15, 0.2) is 0 Å². The van der Waals surface area contributed by atoms with Crippen LogP contribution >= 0.6 is 0 Å². The van der Waals surface area contributed by atoms with Crippen molar-refractivity contribution in [3.05, 3.63) is 83.9 Å². The first kappa shape index (κ1) is 20.2. The van der Waals surface area contributed by atoms with Crippen molar-refractivity contribution in [2.45, 2.75) is 39.7 Å². The molecule has 0 N–H and O–H groups in total. The van der Waals surface area contributed by atoms with Gasteiger partial charge in [0.25, 0.3) is 0 Å². The third-order valence-corrected chi connectivity index (χ3v) is 6.12. The smallest absolute Gasteiger partial charge is 0.233 e. The summed E-state index contributed by atoms with van der Waals surface area (Å²) in [6, 6.07) is 24.9. The Morgan fingerprint density at radius 3 is 2.37 bits per heavy atom. The van der Waals surface area contributed by atoms with E-state index >= 15 is 0 Å². The number of amides is 1. The van der Waals surface area contributed by atoms with Gasteiger partial charge in [-0.1, -0.05) is 68.8 Å². The largest absolute Gasteiger partial charge is 0.497 e. The fourth-order valence-electron chi connectivity index (χ4n) is 4.55. The number of ether oxygens (including phenoxy) is 1. The number of benzene rings is 3. The predicted octanol–water partition coefficient (Wildman–Crippen LogP) is 6.26. The van der Waals surface area contributed by atoms with Gasteiger partial charge in [0.05, 0.1) is 19.1 Å². The first-order valence-corrected chi connectivity index (χ1v) is 10.7. The number of nitrogens with zero attached hydrogens (tertiary/aromatic N) is 1. The maximum Gasteiger partial charge on any atom is 0.233 e. The number of fused-ring (bicyclic) bond motifs is 1. The van der Waals surface area contributed by atoms with Crippen LogP contribution in [0.5, 0.6) is 5.75 Å². The Morgan fingerprint density at radius 2 is 1.70 bits per heavy atom. The molecule has 0 aromatic heterocycles. The highest BCUT2D eigenvalue weighted by Gasteiger charge is 2.41. The average molecular weight is 400 g/mol. The van der Waals surface area contributed by atoms with Gasteiger partial charge < -0.3 is 9.64 Å². The molecule has 3 aromatic carbocycles. The molecule has 30 heavy (non-hydrogen) atoms. The highest BCUT2D eigenvalue weighted by atomic mass is 16.5. The summed E-state index contributed by atoms with van der Waals surface area (Å²) in [4.78, 5) is 15.6. The van der Waals surface area contributed by atoms with Crippen LogP contribution in [0.1, 0.15) is 37.8 Å². The van der Waals surface area contributed by atoms with Crippen LogP contribution in [0.4, 0.5) is 5.69 Å². The zero-order chi connectivity index (χ0) is 21.1. The number of carbonyl (C=O) groups is 1. The third-order valence-electron chi connectivity index (χ3n) is 6.12. The summed E-state index contributed by atoms with van der Waals surface area (Å²) < 4.78 is 5.28. The van der Waals surface area contributed by atoms with Gasteiger partial charge in [-0.05, 0) is 59.4 Å². The zero-order valence-electron chi connectivity index (χ0n) is 18.0. The van der Waals surface area contributed by atoms with Crippen molar-refractivity contribution in [3.63, 3.8) is 0 Å². The maximum absolute atomic E-state index is 13.6. The van der Waals surface area contributed by atoms with Crippen LogP contribution in [-0.4, -0.2) is 13.0 Å². The second-order valence-electron chi connectivity index (χ2n) is 8.44. The van der Waals surface area contributed by atoms with E-state index in [0.717, 1.165) is 36.3 Å². The topological polar surface area (TPSA) is 29.5 Å². The number of methoxy groups -OCH3 is 1. The van der Waals surface area contributed by atoms with Gasteiger partial charge in [-0.25, -0.2) is 0 Å². The van der Waals surface area contributed by atoms with E-state index in [1.165, 1.54) is 16.7 Å². The van der Waals surface area contributed by atoms with Crippen LogP contribution < -0.4 is 9.64 Å². The van der Waals surface area contributed by atoms with Gasteiger partial charge in [0.2, 0.25) is 5.91 Å². The molecule has 4 rings (SSSR count). The van der Waals surface area contributed by atoms with Gasteiger partial charge in [-0.2, -0.15) is 0 Å². The Hall–Kier alpha value is -3.07. The molecule has 1 aliphatic rings. The lowest BCUT2D eigenvalue weighted by Gasteiger charge is -2.41. The SMILES string of the molecule is CCCC1(C)Cc2cc(-c3ccccc3)ccc2N(Cc2ccc(OC)cc2)C1=O. The molecule has 0 spiro atoms. The molecule has 3 nitrogen and oxygen atoms in total. The van der Waals surface area contributed by atoms with Crippen molar-refractivity contribution in [3.8, 4) is 16.9 Å². The molecular formula is C27H29NO2. The van der Waals surface area contributed by atoms with E-state index in [1.54, 1.807) is 7.11 Å². The Morgan fingerprint density at radius 1 is 0.967 bits per heavy atom. The second-order valence-corrected chi connectivity index (χ2v) is 8.44. The molecule has 154 valence electrons. The second kappa shape index (κ2) is 8.35. The van der Waals surface area contributed by atoms with Crippen LogP contribution in [0.3, 0.4) is 0 Å². The van der Waals surface area contributed by atoms with Gasteiger partial charge in [-0.3, -0.25) is 4.79 Å². The zero-order valence-corrected chi connectivity index (χ0v) is 18.0. The summed E-state index contributed by atoms with van der Waals surface area (Å²) in [6.45, 7) is 4.85. The maximum atomic E-state index is 13.6. The predicted molar refractivity (Wildman–Crippen MR) is 123 cm³/mol. The molecule has 0 saturated carbocycles. The van der Waals surface area contributed by atoms with Crippen molar-refractivity contribution in [2.24, 2.45) is 5.41 Å². The number of hydrogen-bond donors (Lipinski definition) is 0. The van der Waals surface area contributed by atoms with Crippen LogP contribution in [0.2, 0.25) is 0 Å². The monoisotopic (exact) mass is 399 g/mol. The minimum Gasteiger partial charge on any atom is -0.497 e. The van der Waals surface area contributed by atoms with Crippen LogP contribution in [0.15, 0.2) is 72.8 Å². The molecule has 1 unspecified atom stereocenters. The number of hydrogen-bond acceptors (Lipinski definition) is 2. The lowest BCUT2D eigenvalue weighted by molar-refractivity contribution is -0.128. The lowest BCUT2D eigenvalue weighted by Crippen LogP contribution is -2.47. The van der Waals surface area contributed by atoms with E-state index in [9.17, 15) is 4.79 Å². The first-order chi connectivity index (χ1) is 14.5. The summed E-state index contributed by atoms with van der Waals surface area (Å²) >= 11 is 0. The van der Waals surface area contributed by atoms with E-state index in [4.69, 9.17) is 4.74 Å². The van der Waals surface area contributed by atoms with E-state index < -0.39 is 0 Å². The summed E-state index contributed by atoms with van der Waals surface area (Å²) in [5, 5.41) is 0. The Labute approximate surface area is 179 Å². The highest BCUT2D eigenvalue weighted by Crippen LogP contribution is 2.42. The van der Waals surface area contributed by atoms with E-state index in [2.05, 4.69) is 56.3 Å². The van der Waals surface area contributed by atoms with E-state index in [-0.39, 0.29) is 11.3 Å². The molecule has 0 aliphatic carbocycles. The van der Waals surface area contributed by atoms with Crippen molar-refractivity contribution >= 4 is 11.6 Å².